The van der Waals surface area contributed by atoms with Crippen molar-refractivity contribution in [3.63, 3.8) is 0 Å². The molecule has 1 aromatic carbocycles. The third kappa shape index (κ3) is 2.94. The number of aryl methyl sites for hydroxylation is 2. The van der Waals surface area contributed by atoms with Crippen LogP contribution in [0, 0.1) is 20.8 Å². The van der Waals surface area contributed by atoms with Gasteiger partial charge in [0, 0.05) is 0 Å². The molecule has 20 heavy (non-hydrogen) atoms. The molecule has 0 saturated carbocycles. The number of halogens is 1. The average Bonchev–Trinajstić information content (AvgIpc) is 2.40. The third-order valence-electron chi connectivity index (χ3n) is 3.01. The molecule has 1 aromatic heterocycles. The first-order chi connectivity index (χ1) is 9.31. The van der Waals surface area contributed by atoms with E-state index < -0.39 is 10.0 Å². The zero-order chi connectivity index (χ0) is 14.9. The van der Waals surface area contributed by atoms with Gasteiger partial charge in [0.25, 0.3) is 10.0 Å². The van der Waals surface area contributed by atoms with Crippen molar-refractivity contribution in [3.05, 3.63) is 52.3 Å². The van der Waals surface area contributed by atoms with Crippen LogP contribution in [0.1, 0.15) is 16.8 Å². The zero-order valence-corrected chi connectivity index (χ0v) is 13.0. The van der Waals surface area contributed by atoms with Gasteiger partial charge in [0.05, 0.1) is 27.5 Å². The van der Waals surface area contributed by atoms with E-state index in [1.54, 1.807) is 38.1 Å². The van der Waals surface area contributed by atoms with Crippen LogP contribution in [-0.2, 0) is 10.0 Å². The molecule has 2 aromatic rings. The number of sulfonamides is 1. The fraction of sp³-hybridized carbons (Fsp3) is 0.214. The molecule has 0 aliphatic rings. The molecule has 0 saturated heterocycles. The number of anilines is 1. The predicted molar refractivity (Wildman–Crippen MR) is 80.7 cm³/mol. The molecule has 1 heterocycles. The second kappa shape index (κ2) is 5.42. The molecule has 0 fully saturated rings. The number of benzene rings is 1. The van der Waals surface area contributed by atoms with Gasteiger partial charge >= 0.3 is 0 Å². The van der Waals surface area contributed by atoms with Crippen molar-refractivity contribution in [3.8, 4) is 0 Å². The fourth-order valence-corrected chi connectivity index (χ4v) is 2.99. The second-order valence-electron chi connectivity index (χ2n) is 4.61. The lowest BCUT2D eigenvalue weighted by Gasteiger charge is -2.12. The summed E-state index contributed by atoms with van der Waals surface area (Å²) in [4.78, 5) is 4.28. The zero-order valence-electron chi connectivity index (χ0n) is 11.4. The molecule has 0 spiro atoms. The second-order valence-corrected chi connectivity index (χ2v) is 6.68. The van der Waals surface area contributed by atoms with E-state index in [1.807, 2.05) is 6.92 Å². The molecule has 0 amide bonds. The van der Waals surface area contributed by atoms with Gasteiger partial charge in [-0.05, 0) is 38.5 Å². The van der Waals surface area contributed by atoms with Gasteiger partial charge in [-0.2, -0.15) is 0 Å². The predicted octanol–water partition coefficient (Wildman–Crippen LogP) is 3.46. The SMILES string of the molecule is Cc1ccc(S(=O)(=O)Nc2cnc(C)c(Cl)c2C)cc1. The summed E-state index contributed by atoms with van der Waals surface area (Å²) in [5.74, 6) is 0. The van der Waals surface area contributed by atoms with Gasteiger partial charge in [-0.15, -0.1) is 0 Å². The quantitative estimate of drug-likeness (QED) is 0.944. The van der Waals surface area contributed by atoms with Crippen LogP contribution in [0.2, 0.25) is 5.02 Å². The molecule has 6 heteroatoms. The van der Waals surface area contributed by atoms with Crippen molar-refractivity contribution in [2.75, 3.05) is 4.72 Å². The highest BCUT2D eigenvalue weighted by Gasteiger charge is 2.16. The Bertz CT molecular complexity index is 741. The highest BCUT2D eigenvalue weighted by atomic mass is 35.5. The van der Waals surface area contributed by atoms with E-state index in [4.69, 9.17) is 11.6 Å². The van der Waals surface area contributed by atoms with Crippen molar-refractivity contribution in [2.24, 2.45) is 0 Å². The van der Waals surface area contributed by atoms with E-state index in [9.17, 15) is 8.42 Å². The summed E-state index contributed by atoms with van der Waals surface area (Å²) in [6, 6.07) is 6.63. The highest BCUT2D eigenvalue weighted by molar-refractivity contribution is 7.92. The van der Waals surface area contributed by atoms with Crippen molar-refractivity contribution >= 4 is 27.3 Å². The van der Waals surface area contributed by atoms with Crippen molar-refractivity contribution < 1.29 is 8.42 Å². The minimum atomic E-state index is -3.63. The molecule has 0 aliphatic heterocycles. The first-order valence-corrected chi connectivity index (χ1v) is 7.88. The largest absolute Gasteiger partial charge is 0.278 e. The van der Waals surface area contributed by atoms with Gasteiger partial charge < -0.3 is 0 Å². The molecule has 0 aliphatic carbocycles. The minimum absolute atomic E-state index is 0.208. The Kier molecular flexibility index (Phi) is 4.01. The highest BCUT2D eigenvalue weighted by Crippen LogP contribution is 2.26. The standard InChI is InChI=1S/C14H15ClN2O2S/c1-9-4-6-12(7-5-9)20(18,19)17-13-8-16-11(3)14(15)10(13)2/h4-8,17H,1-3H3. The number of hydrogen-bond donors (Lipinski definition) is 1. The Balaban J connectivity index is 2.38. The maximum atomic E-state index is 12.3. The normalized spacial score (nSPS) is 11.4. The van der Waals surface area contributed by atoms with E-state index in [2.05, 4.69) is 9.71 Å². The Morgan fingerprint density at radius 3 is 2.30 bits per heavy atom. The van der Waals surface area contributed by atoms with Gasteiger partial charge in [0.2, 0.25) is 0 Å². The molecular weight excluding hydrogens is 296 g/mol. The Hall–Kier alpha value is -1.59. The molecular formula is C14H15ClN2O2S. The Morgan fingerprint density at radius 2 is 1.70 bits per heavy atom. The van der Waals surface area contributed by atoms with Gasteiger partial charge in [-0.1, -0.05) is 29.3 Å². The number of rotatable bonds is 3. The Morgan fingerprint density at radius 1 is 1.10 bits per heavy atom. The summed E-state index contributed by atoms with van der Waals surface area (Å²) in [5.41, 5.74) is 2.72. The van der Waals surface area contributed by atoms with Crippen molar-refractivity contribution in [1.82, 2.24) is 4.98 Å². The molecule has 106 valence electrons. The number of aromatic nitrogens is 1. The maximum Gasteiger partial charge on any atom is 0.261 e. The van der Waals surface area contributed by atoms with E-state index in [-0.39, 0.29) is 4.90 Å². The lowest BCUT2D eigenvalue weighted by molar-refractivity contribution is 0.601. The molecule has 4 nitrogen and oxygen atoms in total. The summed E-state index contributed by atoms with van der Waals surface area (Å²) in [5, 5.41) is 0.467. The smallest absolute Gasteiger partial charge is 0.261 e. The third-order valence-corrected chi connectivity index (χ3v) is 4.95. The maximum absolute atomic E-state index is 12.3. The number of pyridine rings is 1. The number of nitrogens with zero attached hydrogens (tertiary/aromatic N) is 1. The topological polar surface area (TPSA) is 59.1 Å². The lowest BCUT2D eigenvalue weighted by atomic mass is 10.2. The first kappa shape index (κ1) is 14.8. The van der Waals surface area contributed by atoms with Crippen LogP contribution in [0.5, 0.6) is 0 Å². The molecule has 2 rings (SSSR count). The van der Waals surface area contributed by atoms with Crippen molar-refractivity contribution in [1.29, 1.82) is 0 Å². The number of nitrogens with one attached hydrogen (secondary N) is 1. The van der Waals surface area contributed by atoms with E-state index in [1.165, 1.54) is 6.20 Å². The van der Waals surface area contributed by atoms with Crippen LogP contribution in [0.25, 0.3) is 0 Å². The molecule has 0 bridgehead atoms. The summed E-state index contributed by atoms with van der Waals surface area (Å²) in [6.45, 7) is 5.43. The summed E-state index contributed by atoms with van der Waals surface area (Å²) < 4.78 is 27.1. The van der Waals surface area contributed by atoms with Crippen LogP contribution in [0.4, 0.5) is 5.69 Å². The summed E-state index contributed by atoms with van der Waals surface area (Å²) in [6.07, 6.45) is 1.47. The monoisotopic (exact) mass is 310 g/mol. The van der Waals surface area contributed by atoms with Crippen LogP contribution in [0.3, 0.4) is 0 Å². The number of hydrogen-bond acceptors (Lipinski definition) is 3. The summed E-state index contributed by atoms with van der Waals surface area (Å²) in [7, 11) is -3.63. The van der Waals surface area contributed by atoms with Crippen LogP contribution in [0.15, 0.2) is 35.4 Å². The van der Waals surface area contributed by atoms with E-state index in [0.717, 1.165) is 5.56 Å². The van der Waals surface area contributed by atoms with Crippen LogP contribution < -0.4 is 4.72 Å². The van der Waals surface area contributed by atoms with Crippen molar-refractivity contribution in [2.45, 2.75) is 25.7 Å². The van der Waals surface area contributed by atoms with Crippen LogP contribution in [-0.4, -0.2) is 13.4 Å². The first-order valence-electron chi connectivity index (χ1n) is 6.02. The molecule has 1 N–H and O–H groups in total. The van der Waals surface area contributed by atoms with Gasteiger partial charge in [0.1, 0.15) is 0 Å². The fourth-order valence-electron chi connectivity index (χ4n) is 1.73. The molecule has 0 radical (unpaired) electrons. The van der Waals surface area contributed by atoms with E-state index in [0.29, 0.717) is 22.0 Å². The Labute approximate surface area is 123 Å². The van der Waals surface area contributed by atoms with Crippen LogP contribution >= 0.6 is 11.6 Å². The molecule has 0 atom stereocenters. The van der Waals surface area contributed by atoms with Gasteiger partial charge in [-0.3, -0.25) is 9.71 Å². The average molecular weight is 311 g/mol. The lowest BCUT2D eigenvalue weighted by Crippen LogP contribution is -2.14. The minimum Gasteiger partial charge on any atom is -0.278 e. The summed E-state index contributed by atoms with van der Waals surface area (Å²) >= 11 is 6.08. The van der Waals surface area contributed by atoms with E-state index >= 15 is 0 Å². The molecule has 0 unspecified atom stereocenters. The van der Waals surface area contributed by atoms with Gasteiger partial charge in [0.15, 0.2) is 0 Å². The van der Waals surface area contributed by atoms with Gasteiger partial charge in [-0.25, -0.2) is 8.42 Å².